The first-order valence-electron chi connectivity index (χ1n) is 4.81. The largest absolute Gasteiger partial charge is 0.197 e. The Morgan fingerprint density at radius 2 is 2.08 bits per heavy atom. The second-order valence-corrected chi connectivity index (χ2v) is 5.47. The van der Waals surface area contributed by atoms with E-state index in [1.807, 2.05) is 11.8 Å². The maximum atomic E-state index is 9.09. The fourth-order valence-electron chi connectivity index (χ4n) is 1.67. The average molecular weight is 183 g/mol. The molecular weight excluding hydrogens is 166 g/mol. The molecule has 0 heterocycles. The quantitative estimate of drug-likeness (QED) is 0.670. The van der Waals surface area contributed by atoms with Crippen LogP contribution in [0, 0.1) is 11.3 Å². The number of hydrogen-bond acceptors (Lipinski definition) is 2. The molecule has 12 heavy (non-hydrogen) atoms. The molecule has 0 N–H and O–H groups in total. The molecule has 68 valence electrons. The van der Waals surface area contributed by atoms with Gasteiger partial charge in [-0.15, -0.1) is 11.8 Å². The maximum Gasteiger partial charge on any atom is 0.103 e. The molecule has 0 bridgehead atoms. The monoisotopic (exact) mass is 183 g/mol. The lowest BCUT2D eigenvalue weighted by atomic mass is 10.1. The van der Waals surface area contributed by atoms with E-state index >= 15 is 0 Å². The van der Waals surface area contributed by atoms with Crippen LogP contribution in [-0.4, -0.2) is 10.00 Å². The Hall–Kier alpha value is -0.160. The smallest absolute Gasteiger partial charge is 0.103 e. The van der Waals surface area contributed by atoms with Gasteiger partial charge in [0.2, 0.25) is 0 Å². The molecule has 0 saturated heterocycles. The average Bonchev–Trinajstić information content (AvgIpc) is 2.54. The van der Waals surface area contributed by atoms with Crippen molar-refractivity contribution in [2.75, 3.05) is 0 Å². The van der Waals surface area contributed by atoms with Crippen molar-refractivity contribution in [1.82, 2.24) is 0 Å². The van der Waals surface area contributed by atoms with E-state index in [9.17, 15) is 0 Å². The van der Waals surface area contributed by atoms with E-state index in [2.05, 4.69) is 19.9 Å². The first-order valence-corrected chi connectivity index (χ1v) is 5.69. The number of rotatable bonds is 3. The molecule has 1 atom stereocenters. The Labute approximate surface area is 79.5 Å². The summed E-state index contributed by atoms with van der Waals surface area (Å²) in [6, 6.07) is 2.51. The molecule has 2 heteroatoms. The van der Waals surface area contributed by atoms with Gasteiger partial charge < -0.3 is 0 Å². The highest BCUT2D eigenvalue weighted by Gasteiger charge is 2.35. The fourth-order valence-corrected chi connectivity index (χ4v) is 3.18. The molecule has 0 aromatic heterocycles. The number of hydrogen-bond donors (Lipinski definition) is 0. The third kappa shape index (κ3) is 2.17. The zero-order valence-electron chi connectivity index (χ0n) is 7.97. The molecule has 1 aliphatic rings. The Balaban J connectivity index is 2.51. The molecular formula is C10H17NS. The topological polar surface area (TPSA) is 23.8 Å². The summed E-state index contributed by atoms with van der Waals surface area (Å²) in [5, 5.41) is 9.73. The Morgan fingerprint density at radius 3 is 2.50 bits per heavy atom. The highest BCUT2D eigenvalue weighted by atomic mass is 32.2. The molecule has 0 aromatic rings. The molecule has 0 aliphatic heterocycles. The predicted molar refractivity (Wildman–Crippen MR) is 54.2 cm³/mol. The van der Waals surface area contributed by atoms with E-state index in [0.29, 0.717) is 5.25 Å². The van der Waals surface area contributed by atoms with Crippen LogP contribution in [0.1, 0.15) is 46.0 Å². The summed E-state index contributed by atoms with van der Waals surface area (Å²) in [7, 11) is 0. The van der Waals surface area contributed by atoms with E-state index in [1.54, 1.807) is 0 Å². The fraction of sp³-hybridized carbons (Fsp3) is 0.900. The molecule has 1 fully saturated rings. The lowest BCUT2D eigenvalue weighted by Crippen LogP contribution is -2.20. The zero-order valence-corrected chi connectivity index (χ0v) is 8.78. The van der Waals surface area contributed by atoms with Crippen molar-refractivity contribution < 1.29 is 0 Å². The normalized spacial score (nSPS) is 23.4. The lowest BCUT2D eigenvalue weighted by molar-refractivity contribution is 0.746. The van der Waals surface area contributed by atoms with Crippen molar-refractivity contribution in [1.29, 1.82) is 5.26 Å². The second-order valence-electron chi connectivity index (χ2n) is 3.65. The summed E-state index contributed by atoms with van der Waals surface area (Å²) in [6.07, 6.45) is 5.89. The molecule has 1 saturated carbocycles. The van der Waals surface area contributed by atoms with Gasteiger partial charge >= 0.3 is 0 Å². The molecule has 1 unspecified atom stereocenters. The lowest BCUT2D eigenvalue weighted by Gasteiger charge is -2.22. The van der Waals surface area contributed by atoms with Gasteiger partial charge in [0.15, 0.2) is 0 Å². The van der Waals surface area contributed by atoms with E-state index in [-0.39, 0.29) is 4.75 Å². The Bertz CT molecular complexity index is 177. The summed E-state index contributed by atoms with van der Waals surface area (Å²) in [5.74, 6) is 0. The molecule has 1 rings (SSSR count). The Kier molecular flexibility index (Phi) is 3.46. The van der Waals surface area contributed by atoms with Gasteiger partial charge in [0, 0.05) is 5.25 Å². The minimum absolute atomic E-state index is 0.0184. The standard InChI is InChI=1S/C10H17NS/c1-3-9(2)12-10(8-11)6-4-5-7-10/h9H,3-7H2,1-2H3. The first-order chi connectivity index (χ1) is 5.72. The highest BCUT2D eigenvalue weighted by molar-refractivity contribution is 8.01. The minimum atomic E-state index is -0.0184. The number of thioether (sulfide) groups is 1. The Morgan fingerprint density at radius 1 is 1.50 bits per heavy atom. The van der Waals surface area contributed by atoms with Gasteiger partial charge in [-0.25, -0.2) is 0 Å². The van der Waals surface area contributed by atoms with Crippen LogP contribution in [0.4, 0.5) is 0 Å². The van der Waals surface area contributed by atoms with E-state index in [1.165, 1.54) is 19.3 Å². The van der Waals surface area contributed by atoms with Gasteiger partial charge in [-0.2, -0.15) is 5.26 Å². The van der Waals surface area contributed by atoms with Gasteiger partial charge in [-0.05, 0) is 19.3 Å². The molecule has 0 aromatic carbocycles. The molecule has 0 radical (unpaired) electrons. The van der Waals surface area contributed by atoms with Crippen LogP contribution in [0.15, 0.2) is 0 Å². The van der Waals surface area contributed by atoms with Crippen molar-refractivity contribution in [2.24, 2.45) is 0 Å². The van der Waals surface area contributed by atoms with Crippen LogP contribution in [0.3, 0.4) is 0 Å². The van der Waals surface area contributed by atoms with Crippen molar-refractivity contribution in [3.05, 3.63) is 0 Å². The van der Waals surface area contributed by atoms with Gasteiger partial charge in [0.1, 0.15) is 4.75 Å². The third-order valence-corrected chi connectivity index (χ3v) is 4.30. The molecule has 1 nitrogen and oxygen atoms in total. The summed E-state index contributed by atoms with van der Waals surface area (Å²) in [6.45, 7) is 4.42. The molecule has 0 amide bonds. The van der Waals surface area contributed by atoms with Gasteiger partial charge in [0.25, 0.3) is 0 Å². The van der Waals surface area contributed by atoms with Crippen LogP contribution >= 0.6 is 11.8 Å². The van der Waals surface area contributed by atoms with Gasteiger partial charge in [-0.3, -0.25) is 0 Å². The van der Waals surface area contributed by atoms with E-state index in [0.717, 1.165) is 12.8 Å². The second kappa shape index (κ2) is 4.18. The van der Waals surface area contributed by atoms with Crippen molar-refractivity contribution in [3.63, 3.8) is 0 Å². The van der Waals surface area contributed by atoms with Crippen molar-refractivity contribution in [3.8, 4) is 6.07 Å². The van der Waals surface area contributed by atoms with Crippen LogP contribution in [0.25, 0.3) is 0 Å². The first kappa shape index (κ1) is 9.92. The SMILES string of the molecule is CCC(C)SC1(C#N)CCCC1. The van der Waals surface area contributed by atoms with Gasteiger partial charge in [-0.1, -0.05) is 26.7 Å². The minimum Gasteiger partial charge on any atom is -0.197 e. The van der Waals surface area contributed by atoms with Crippen LogP contribution < -0.4 is 0 Å². The molecule has 0 spiro atoms. The summed E-state index contributed by atoms with van der Waals surface area (Å²) in [4.78, 5) is 0. The number of nitriles is 1. The van der Waals surface area contributed by atoms with Gasteiger partial charge in [0.05, 0.1) is 6.07 Å². The summed E-state index contributed by atoms with van der Waals surface area (Å²) >= 11 is 1.89. The van der Waals surface area contributed by atoms with Crippen LogP contribution in [0.5, 0.6) is 0 Å². The highest BCUT2D eigenvalue weighted by Crippen LogP contribution is 2.43. The van der Waals surface area contributed by atoms with E-state index in [4.69, 9.17) is 5.26 Å². The van der Waals surface area contributed by atoms with Crippen molar-refractivity contribution >= 4 is 11.8 Å². The van der Waals surface area contributed by atoms with Crippen LogP contribution in [0.2, 0.25) is 0 Å². The third-order valence-electron chi connectivity index (χ3n) is 2.62. The van der Waals surface area contributed by atoms with Crippen LogP contribution in [-0.2, 0) is 0 Å². The molecule has 1 aliphatic carbocycles. The maximum absolute atomic E-state index is 9.09. The van der Waals surface area contributed by atoms with E-state index < -0.39 is 0 Å². The summed E-state index contributed by atoms with van der Waals surface area (Å²) < 4.78 is -0.0184. The number of nitrogens with zero attached hydrogens (tertiary/aromatic N) is 1. The van der Waals surface area contributed by atoms with Crippen molar-refractivity contribution in [2.45, 2.75) is 55.9 Å². The zero-order chi connectivity index (χ0) is 9.03. The summed E-state index contributed by atoms with van der Waals surface area (Å²) in [5.41, 5.74) is 0. The predicted octanol–water partition coefficient (Wildman–Crippen LogP) is 3.35.